The summed E-state index contributed by atoms with van der Waals surface area (Å²) in [5.74, 6) is 0.906. The number of carbonyl (C=O) groups is 1. The van der Waals surface area contributed by atoms with E-state index < -0.39 is 0 Å². The van der Waals surface area contributed by atoms with Gasteiger partial charge in [-0.25, -0.2) is 0 Å². The predicted molar refractivity (Wildman–Crippen MR) is 101 cm³/mol. The molecule has 1 aliphatic heterocycles. The number of nitrogens with zero attached hydrogens (tertiary/aromatic N) is 2. The van der Waals surface area contributed by atoms with E-state index in [2.05, 4.69) is 25.9 Å². The summed E-state index contributed by atoms with van der Waals surface area (Å²) >= 11 is 0. The molecule has 0 spiro atoms. The van der Waals surface area contributed by atoms with E-state index in [9.17, 15) is 4.79 Å². The summed E-state index contributed by atoms with van der Waals surface area (Å²) in [6, 6.07) is 11.4. The van der Waals surface area contributed by atoms with E-state index in [4.69, 9.17) is 9.26 Å². The lowest BCUT2D eigenvalue weighted by molar-refractivity contribution is -0.0964. The van der Waals surface area contributed by atoms with Gasteiger partial charge in [0.25, 0.3) is 5.91 Å². The van der Waals surface area contributed by atoms with Crippen LogP contribution in [0.3, 0.4) is 0 Å². The van der Waals surface area contributed by atoms with Crippen LogP contribution in [-0.2, 0) is 4.74 Å². The van der Waals surface area contributed by atoms with Crippen molar-refractivity contribution in [3.05, 3.63) is 42.1 Å². The van der Waals surface area contributed by atoms with Gasteiger partial charge >= 0.3 is 0 Å². The fourth-order valence-electron chi connectivity index (χ4n) is 3.27. The SMILES string of the molecule is CCCC[C@@H]1CN(C(=O)c2cc(-c3ccccc3)on2)C[C@H](C(C)C)O1. The zero-order valence-electron chi connectivity index (χ0n) is 15.9. The Balaban J connectivity index is 1.74. The van der Waals surface area contributed by atoms with E-state index in [1.807, 2.05) is 35.2 Å². The van der Waals surface area contributed by atoms with Gasteiger partial charge < -0.3 is 14.2 Å². The normalized spacial score (nSPS) is 20.5. The van der Waals surface area contributed by atoms with Gasteiger partial charge in [-0.15, -0.1) is 0 Å². The van der Waals surface area contributed by atoms with Crippen molar-refractivity contribution in [3.63, 3.8) is 0 Å². The number of rotatable bonds is 6. The van der Waals surface area contributed by atoms with Crippen LogP contribution in [0.5, 0.6) is 0 Å². The molecule has 0 unspecified atom stereocenters. The Morgan fingerprint density at radius 2 is 2.04 bits per heavy atom. The number of ether oxygens (including phenoxy) is 1. The van der Waals surface area contributed by atoms with Gasteiger partial charge in [-0.2, -0.15) is 0 Å². The van der Waals surface area contributed by atoms with Crippen LogP contribution in [0.25, 0.3) is 11.3 Å². The molecule has 1 saturated heterocycles. The van der Waals surface area contributed by atoms with Gasteiger partial charge in [-0.3, -0.25) is 4.79 Å². The molecule has 5 heteroatoms. The third-order valence-corrected chi connectivity index (χ3v) is 4.89. The second kappa shape index (κ2) is 8.49. The quantitative estimate of drug-likeness (QED) is 0.770. The van der Waals surface area contributed by atoms with Crippen molar-refractivity contribution >= 4 is 5.91 Å². The molecule has 1 aromatic carbocycles. The van der Waals surface area contributed by atoms with Crippen molar-refractivity contribution in [2.24, 2.45) is 5.92 Å². The van der Waals surface area contributed by atoms with Crippen molar-refractivity contribution in [1.82, 2.24) is 10.1 Å². The molecule has 0 saturated carbocycles. The van der Waals surface area contributed by atoms with Crippen LogP contribution in [0.4, 0.5) is 0 Å². The number of carbonyl (C=O) groups excluding carboxylic acids is 1. The Bertz CT molecular complexity index is 711. The fourth-order valence-corrected chi connectivity index (χ4v) is 3.27. The Kier molecular flexibility index (Phi) is 6.09. The largest absolute Gasteiger partial charge is 0.371 e. The first kappa shape index (κ1) is 18.6. The third-order valence-electron chi connectivity index (χ3n) is 4.89. The molecule has 1 aromatic heterocycles. The predicted octanol–water partition coefficient (Wildman–Crippen LogP) is 4.40. The first-order valence-electron chi connectivity index (χ1n) is 9.55. The molecule has 0 N–H and O–H groups in total. The monoisotopic (exact) mass is 356 g/mol. The summed E-state index contributed by atoms with van der Waals surface area (Å²) in [4.78, 5) is 14.9. The van der Waals surface area contributed by atoms with Crippen LogP contribution >= 0.6 is 0 Å². The van der Waals surface area contributed by atoms with Gasteiger partial charge in [0, 0.05) is 24.7 Å². The Morgan fingerprint density at radius 1 is 1.27 bits per heavy atom. The Labute approximate surface area is 155 Å². The zero-order valence-corrected chi connectivity index (χ0v) is 15.9. The van der Waals surface area contributed by atoms with Crippen LogP contribution in [-0.4, -0.2) is 41.3 Å². The molecule has 0 bridgehead atoms. The molecule has 0 aliphatic carbocycles. The minimum Gasteiger partial charge on any atom is -0.371 e. The van der Waals surface area contributed by atoms with Gasteiger partial charge in [0.1, 0.15) is 0 Å². The Morgan fingerprint density at radius 3 is 2.73 bits per heavy atom. The van der Waals surface area contributed by atoms with E-state index in [0.717, 1.165) is 24.8 Å². The van der Waals surface area contributed by atoms with Gasteiger partial charge in [-0.1, -0.05) is 69.1 Å². The summed E-state index contributed by atoms with van der Waals surface area (Å²) in [7, 11) is 0. The number of hydrogen-bond acceptors (Lipinski definition) is 4. The van der Waals surface area contributed by atoms with Gasteiger partial charge in [0.2, 0.25) is 0 Å². The molecule has 5 nitrogen and oxygen atoms in total. The maximum Gasteiger partial charge on any atom is 0.276 e. The zero-order chi connectivity index (χ0) is 18.5. The Hall–Kier alpha value is -2.14. The molecule has 2 aromatic rings. The minimum atomic E-state index is -0.0774. The molecule has 2 atom stereocenters. The molecule has 0 radical (unpaired) electrons. The molecular weight excluding hydrogens is 328 g/mol. The van der Waals surface area contributed by atoms with Crippen molar-refractivity contribution in [2.75, 3.05) is 13.1 Å². The van der Waals surface area contributed by atoms with Crippen LogP contribution in [0.1, 0.15) is 50.5 Å². The average Bonchev–Trinajstić information content (AvgIpc) is 3.16. The maximum absolute atomic E-state index is 13.0. The molecule has 1 aliphatic rings. The number of morpholine rings is 1. The van der Waals surface area contributed by atoms with E-state index in [1.54, 1.807) is 6.07 Å². The maximum atomic E-state index is 13.0. The second-order valence-electron chi connectivity index (χ2n) is 7.34. The van der Waals surface area contributed by atoms with E-state index >= 15 is 0 Å². The third kappa shape index (κ3) is 4.33. The van der Waals surface area contributed by atoms with Crippen molar-refractivity contribution in [2.45, 2.75) is 52.2 Å². The first-order valence-corrected chi connectivity index (χ1v) is 9.55. The standard InChI is InChI=1S/C21H28N2O3/c1-4-5-11-17-13-23(14-20(25-17)15(2)3)21(24)18-12-19(26-22-18)16-9-7-6-8-10-16/h6-10,12,15,17,20H,4-5,11,13-14H2,1-3H3/t17-,20-/m1/s1. The summed E-state index contributed by atoms with van der Waals surface area (Å²) in [5.41, 5.74) is 1.28. The van der Waals surface area contributed by atoms with Crippen LogP contribution < -0.4 is 0 Å². The molecule has 3 rings (SSSR count). The second-order valence-corrected chi connectivity index (χ2v) is 7.34. The van der Waals surface area contributed by atoms with Crippen LogP contribution in [0.2, 0.25) is 0 Å². The average molecular weight is 356 g/mol. The van der Waals surface area contributed by atoms with Crippen molar-refractivity contribution in [1.29, 1.82) is 0 Å². The molecular formula is C21H28N2O3. The molecule has 1 fully saturated rings. The number of hydrogen-bond donors (Lipinski definition) is 0. The lowest BCUT2D eigenvalue weighted by Crippen LogP contribution is -2.51. The topological polar surface area (TPSA) is 55.6 Å². The lowest BCUT2D eigenvalue weighted by atomic mass is 10.0. The molecule has 140 valence electrons. The van der Waals surface area contributed by atoms with Crippen LogP contribution in [0.15, 0.2) is 40.9 Å². The lowest BCUT2D eigenvalue weighted by Gasteiger charge is -2.39. The summed E-state index contributed by atoms with van der Waals surface area (Å²) in [5, 5.41) is 4.02. The highest BCUT2D eigenvalue weighted by Gasteiger charge is 2.33. The molecule has 26 heavy (non-hydrogen) atoms. The molecule has 1 amide bonds. The number of amides is 1. The number of aromatic nitrogens is 1. The van der Waals surface area contributed by atoms with E-state index in [0.29, 0.717) is 30.5 Å². The van der Waals surface area contributed by atoms with Crippen molar-refractivity contribution in [3.8, 4) is 11.3 Å². The highest BCUT2D eigenvalue weighted by molar-refractivity contribution is 5.93. The number of benzene rings is 1. The summed E-state index contributed by atoms with van der Waals surface area (Å²) < 4.78 is 11.6. The highest BCUT2D eigenvalue weighted by Crippen LogP contribution is 2.24. The summed E-state index contributed by atoms with van der Waals surface area (Å²) in [6.45, 7) is 7.67. The minimum absolute atomic E-state index is 0.0649. The van der Waals surface area contributed by atoms with E-state index in [-0.39, 0.29) is 18.1 Å². The smallest absolute Gasteiger partial charge is 0.276 e. The van der Waals surface area contributed by atoms with Gasteiger partial charge in [0.05, 0.1) is 12.2 Å². The van der Waals surface area contributed by atoms with Crippen LogP contribution in [0, 0.1) is 5.92 Å². The molecule has 2 heterocycles. The van der Waals surface area contributed by atoms with Gasteiger partial charge in [-0.05, 0) is 12.3 Å². The van der Waals surface area contributed by atoms with Crippen molar-refractivity contribution < 1.29 is 14.1 Å². The highest BCUT2D eigenvalue weighted by atomic mass is 16.5. The number of unbranched alkanes of at least 4 members (excludes halogenated alkanes) is 1. The fraction of sp³-hybridized carbons (Fsp3) is 0.524. The first-order chi connectivity index (χ1) is 12.6. The van der Waals surface area contributed by atoms with Gasteiger partial charge in [0.15, 0.2) is 11.5 Å². The van der Waals surface area contributed by atoms with E-state index in [1.165, 1.54) is 0 Å². The summed E-state index contributed by atoms with van der Waals surface area (Å²) in [6.07, 6.45) is 3.39.